The maximum Gasteiger partial charge on any atom is 0.406 e. The Balaban J connectivity index is 0.00000142. The number of thioether (sulfide) groups is 1. The van der Waals surface area contributed by atoms with Gasteiger partial charge in [-0.05, 0) is 73.9 Å². The average Bonchev–Trinajstić information content (AvgIpc) is 3.35. The van der Waals surface area contributed by atoms with Crippen LogP contribution in [0.25, 0.3) is 10.9 Å². The quantitative estimate of drug-likeness (QED) is 0.0980. The summed E-state index contributed by atoms with van der Waals surface area (Å²) < 4.78 is 41.9. The van der Waals surface area contributed by atoms with E-state index in [1.807, 2.05) is 41.5 Å². The van der Waals surface area contributed by atoms with Gasteiger partial charge in [0.15, 0.2) is 0 Å². The fraction of sp³-hybridized carbons (Fsp3) is 0.424. The maximum absolute atomic E-state index is 13.6. The summed E-state index contributed by atoms with van der Waals surface area (Å²) in [6, 6.07) is 15.0. The number of anilines is 2. The molecule has 0 aliphatic carbocycles. The summed E-state index contributed by atoms with van der Waals surface area (Å²) in [5, 5.41) is 26.2. The van der Waals surface area contributed by atoms with Crippen LogP contribution in [0.3, 0.4) is 0 Å². The number of rotatable bonds is 12. The number of hydrogen-bond donors (Lipinski definition) is 5. The van der Waals surface area contributed by atoms with Crippen LogP contribution >= 0.6 is 11.8 Å². The van der Waals surface area contributed by atoms with Gasteiger partial charge in [0, 0.05) is 60.7 Å². The van der Waals surface area contributed by atoms with Crippen molar-refractivity contribution in [2.24, 2.45) is 0 Å². The summed E-state index contributed by atoms with van der Waals surface area (Å²) in [6.45, 7) is 2.19. The van der Waals surface area contributed by atoms with Crippen molar-refractivity contribution in [1.82, 2.24) is 14.8 Å². The predicted octanol–water partition coefficient (Wildman–Crippen LogP) is 5.34. The minimum atomic E-state index is -4.40. The number of carbonyl (C=O) groups is 3. The Labute approximate surface area is 276 Å². The lowest BCUT2D eigenvalue weighted by atomic mass is 10.0. The Morgan fingerprint density at radius 2 is 1.74 bits per heavy atom. The van der Waals surface area contributed by atoms with Crippen molar-refractivity contribution in [3.63, 3.8) is 0 Å². The third-order valence-corrected chi connectivity index (χ3v) is 7.92. The van der Waals surface area contributed by atoms with Crippen LogP contribution in [0.15, 0.2) is 53.4 Å². The van der Waals surface area contributed by atoms with Gasteiger partial charge in [0.25, 0.3) is 5.97 Å². The van der Waals surface area contributed by atoms with Crippen molar-refractivity contribution in [2.75, 3.05) is 49.6 Å². The van der Waals surface area contributed by atoms with Crippen LogP contribution in [-0.2, 0) is 20.9 Å². The van der Waals surface area contributed by atoms with E-state index in [2.05, 4.69) is 27.8 Å². The number of nitrogens with zero attached hydrogens (tertiary/aromatic N) is 2. The van der Waals surface area contributed by atoms with Gasteiger partial charge in [-0.1, -0.05) is 12.0 Å². The van der Waals surface area contributed by atoms with Gasteiger partial charge in [0.1, 0.15) is 6.54 Å². The molecule has 0 unspecified atom stereocenters. The minimum absolute atomic E-state index is 0.0163. The number of benzene rings is 2. The zero-order valence-corrected chi connectivity index (χ0v) is 27.1. The molecule has 3 aromatic rings. The van der Waals surface area contributed by atoms with Crippen LogP contribution < -0.4 is 16.0 Å². The molecule has 10 nitrogen and oxygen atoms in total. The van der Waals surface area contributed by atoms with Crippen LogP contribution in [0, 0.1) is 11.8 Å². The molecule has 2 aromatic carbocycles. The number of halogens is 3. The molecule has 254 valence electrons. The molecule has 1 aliphatic rings. The van der Waals surface area contributed by atoms with E-state index in [0.717, 1.165) is 36.0 Å². The number of carboxylic acids is 2. The van der Waals surface area contributed by atoms with Crippen molar-refractivity contribution in [1.29, 1.82) is 0 Å². The maximum atomic E-state index is 13.6. The lowest BCUT2D eigenvalue weighted by Gasteiger charge is -2.32. The number of amides is 1. The highest BCUT2D eigenvalue weighted by atomic mass is 32.2. The van der Waals surface area contributed by atoms with E-state index in [0.29, 0.717) is 42.7 Å². The van der Waals surface area contributed by atoms with Gasteiger partial charge in [-0.15, -0.1) is 11.8 Å². The molecular weight excluding hydrogens is 635 g/mol. The zero-order valence-electron chi connectivity index (χ0n) is 26.3. The second kappa shape index (κ2) is 18.1. The Morgan fingerprint density at radius 1 is 1.06 bits per heavy atom. The topological polar surface area (TPSA) is 136 Å². The second-order valence-corrected chi connectivity index (χ2v) is 11.8. The first-order chi connectivity index (χ1) is 22.3. The molecule has 0 spiro atoms. The van der Waals surface area contributed by atoms with Gasteiger partial charge in [-0.2, -0.15) is 13.2 Å². The molecule has 14 heteroatoms. The number of carboxylic acid groups (broad SMARTS) is 2. The van der Waals surface area contributed by atoms with E-state index in [4.69, 9.17) is 15.0 Å². The van der Waals surface area contributed by atoms with Crippen molar-refractivity contribution in [2.45, 2.75) is 56.3 Å². The molecule has 0 saturated carbocycles. The molecule has 2 heterocycles. The number of piperidine rings is 1. The first-order valence-corrected chi connectivity index (χ1v) is 16.3. The number of aromatic nitrogens is 1. The molecule has 47 heavy (non-hydrogen) atoms. The van der Waals surface area contributed by atoms with E-state index in [1.165, 1.54) is 4.57 Å². The second-order valence-electron chi connectivity index (χ2n) is 10.9. The van der Waals surface area contributed by atoms with Crippen LogP contribution in [0.4, 0.5) is 24.5 Å². The summed E-state index contributed by atoms with van der Waals surface area (Å²) in [7, 11) is 0. The molecule has 0 bridgehead atoms. The Kier molecular flexibility index (Phi) is 14.3. The Bertz CT molecular complexity index is 1550. The molecule has 4 rings (SSSR count). The number of aliphatic carboxylic acids is 2. The van der Waals surface area contributed by atoms with Crippen LogP contribution in [0.1, 0.15) is 38.3 Å². The van der Waals surface area contributed by atoms with E-state index in [-0.39, 0.29) is 31.5 Å². The molecule has 1 fully saturated rings. The smallest absolute Gasteiger partial charge is 0.406 e. The van der Waals surface area contributed by atoms with Crippen LogP contribution in [0.2, 0.25) is 0 Å². The largest absolute Gasteiger partial charge is 0.481 e. The Morgan fingerprint density at radius 3 is 2.36 bits per heavy atom. The van der Waals surface area contributed by atoms with Crippen molar-refractivity contribution < 1.29 is 37.8 Å². The molecule has 0 atom stereocenters. The lowest BCUT2D eigenvalue weighted by Crippen LogP contribution is -2.44. The Hall–Kier alpha value is -4.35. The summed E-state index contributed by atoms with van der Waals surface area (Å²) in [4.78, 5) is 35.0. The van der Waals surface area contributed by atoms with Gasteiger partial charge < -0.3 is 30.7 Å². The minimum Gasteiger partial charge on any atom is -0.481 e. The monoisotopic (exact) mass is 675 g/mol. The first kappa shape index (κ1) is 37.1. The summed E-state index contributed by atoms with van der Waals surface area (Å²) >= 11 is 1.64. The molecule has 1 saturated heterocycles. The average molecular weight is 676 g/mol. The van der Waals surface area contributed by atoms with E-state index in [1.54, 1.807) is 30.0 Å². The fourth-order valence-corrected chi connectivity index (χ4v) is 5.44. The first-order valence-electron chi connectivity index (χ1n) is 15.1. The summed E-state index contributed by atoms with van der Waals surface area (Å²) in [6.07, 6.45) is -0.469. The third-order valence-electron chi connectivity index (χ3n) is 7.17. The lowest BCUT2D eigenvalue weighted by molar-refractivity contribution is -0.140. The molecule has 0 radical (unpaired) electrons. The normalized spacial score (nSPS) is 13.6. The predicted molar refractivity (Wildman–Crippen MR) is 178 cm³/mol. The third kappa shape index (κ3) is 13.1. The standard InChI is InChI=1S/C31H36F3N5O3S.C2H4O2/c1-43-25-11-9-22(10-12-25)35-15-3-5-24-19-26-27(6-2-7-28(26)39(24)21-31(32,33)34)37-23-13-17-38(18-14-23)20-29(40)36-16-4-8-30(41)42;1-2(3)4/h2,6-7,9-12,19,23,35,37H,4,8,13-18,20-21H2,1H3,(H,36,40)(H,41,42);1H3,(H,3,4). The van der Waals surface area contributed by atoms with Crippen molar-refractivity contribution >= 4 is 51.9 Å². The number of hydrogen-bond acceptors (Lipinski definition) is 7. The molecule has 5 N–H and O–H groups in total. The number of nitrogens with one attached hydrogen (secondary N) is 3. The van der Waals surface area contributed by atoms with E-state index in [9.17, 15) is 22.8 Å². The fourth-order valence-electron chi connectivity index (χ4n) is 5.04. The number of likely N-dealkylation sites (tertiary alicyclic amines) is 1. The molecule has 1 aromatic heterocycles. The van der Waals surface area contributed by atoms with E-state index >= 15 is 0 Å². The van der Waals surface area contributed by atoms with Crippen molar-refractivity contribution in [3.8, 4) is 11.8 Å². The van der Waals surface area contributed by atoms with Gasteiger partial charge >= 0.3 is 12.1 Å². The van der Waals surface area contributed by atoms with E-state index < -0.39 is 24.7 Å². The summed E-state index contributed by atoms with van der Waals surface area (Å²) in [5.41, 5.74) is 2.40. The van der Waals surface area contributed by atoms with Gasteiger partial charge in [0.2, 0.25) is 5.91 Å². The van der Waals surface area contributed by atoms with Gasteiger partial charge in [-0.25, -0.2) is 0 Å². The van der Waals surface area contributed by atoms with Crippen LogP contribution in [-0.4, -0.2) is 88.7 Å². The highest BCUT2D eigenvalue weighted by Gasteiger charge is 2.30. The SMILES string of the molecule is CC(=O)O.CSc1ccc(NCC#Cc2cc3c(NC4CCN(CC(=O)NCCCC(=O)O)CC4)cccc3n2CC(F)(F)F)cc1. The number of carbonyl (C=O) groups excluding carboxylic acids is 1. The summed E-state index contributed by atoms with van der Waals surface area (Å²) in [5.74, 6) is 4.06. The van der Waals surface area contributed by atoms with Crippen LogP contribution in [0.5, 0.6) is 0 Å². The zero-order chi connectivity index (χ0) is 34.4. The highest BCUT2D eigenvalue weighted by Crippen LogP contribution is 2.31. The number of fused-ring (bicyclic) bond motifs is 1. The van der Waals surface area contributed by atoms with Gasteiger partial charge in [-0.3, -0.25) is 19.3 Å². The molecule has 1 amide bonds. The van der Waals surface area contributed by atoms with Crippen molar-refractivity contribution in [3.05, 3.63) is 54.2 Å². The number of alkyl halides is 3. The van der Waals surface area contributed by atoms with Gasteiger partial charge in [0.05, 0.1) is 24.3 Å². The molecular formula is C33H40F3N5O5S. The molecule has 1 aliphatic heterocycles. The highest BCUT2D eigenvalue weighted by molar-refractivity contribution is 7.98.